The molecule has 260 valence electrons. The van der Waals surface area contributed by atoms with Gasteiger partial charge in [0, 0.05) is 42.9 Å². The molecule has 0 spiro atoms. The largest absolute Gasteiger partial charge is 0.348 e. The molecule has 10 nitrogen and oxygen atoms in total. The van der Waals surface area contributed by atoms with E-state index in [4.69, 9.17) is 16.6 Å². The first-order valence-corrected chi connectivity index (χ1v) is 18.9. The van der Waals surface area contributed by atoms with E-state index in [2.05, 4.69) is 36.9 Å². The van der Waals surface area contributed by atoms with E-state index in [9.17, 15) is 22.0 Å². The van der Waals surface area contributed by atoms with E-state index in [-0.39, 0.29) is 24.1 Å². The summed E-state index contributed by atoms with van der Waals surface area (Å²) in [5, 5.41) is 8.35. The lowest BCUT2D eigenvalue weighted by molar-refractivity contribution is -0.121. The summed E-state index contributed by atoms with van der Waals surface area (Å²) in [5.74, 6) is 4.90. The van der Waals surface area contributed by atoms with Crippen LogP contribution in [0.2, 0.25) is 5.02 Å². The van der Waals surface area contributed by atoms with Crippen LogP contribution in [0.3, 0.4) is 0 Å². The standard InChI is InChI=1S/C35H34ClF2N7O3S2/c1-35(2,50(47,48)24-6-7-24)12-11-23-5-8-25(26-9-10-27(36)31-33(26)45(3)43-34(31)44-49-4)32(41-23)28(17-20-15-21(37)18-22(38)16-20)42-30(46)19-29-39-13-14-40-29/h5,8-10,13-16,18,24,28H,6-7,17,19H2,1-4H3,(H,39,40)(H,42,46)(H,43,44). The van der Waals surface area contributed by atoms with Gasteiger partial charge in [0.05, 0.1) is 39.3 Å². The van der Waals surface area contributed by atoms with E-state index < -0.39 is 43.4 Å². The summed E-state index contributed by atoms with van der Waals surface area (Å²) < 4.78 is 58.7. The van der Waals surface area contributed by atoms with E-state index >= 15 is 0 Å². The molecular weight excluding hydrogens is 704 g/mol. The lowest BCUT2D eigenvalue weighted by Gasteiger charge is -2.22. The van der Waals surface area contributed by atoms with Crippen LogP contribution in [0.5, 0.6) is 0 Å². The summed E-state index contributed by atoms with van der Waals surface area (Å²) in [4.78, 5) is 25.5. The predicted octanol–water partition coefficient (Wildman–Crippen LogP) is 6.33. The van der Waals surface area contributed by atoms with Crippen molar-refractivity contribution >= 4 is 56.0 Å². The van der Waals surface area contributed by atoms with Crippen molar-refractivity contribution in [2.45, 2.75) is 55.6 Å². The molecule has 1 amide bonds. The Bertz CT molecular complexity index is 2240. The summed E-state index contributed by atoms with van der Waals surface area (Å²) in [6.45, 7) is 3.15. The number of pyridine rings is 1. The molecule has 3 heterocycles. The Balaban J connectivity index is 1.54. The van der Waals surface area contributed by atoms with Gasteiger partial charge in [0.2, 0.25) is 5.91 Å². The fourth-order valence-corrected chi connectivity index (χ4v) is 8.22. The van der Waals surface area contributed by atoms with Crippen LogP contribution in [0, 0.1) is 23.5 Å². The SMILES string of the molecule is CSNc1nn(C)c2c(-c3ccc(C#CC(C)(C)S(=O)(=O)C4CC4)nc3C(Cc3cc(F)cc(F)c3)NC(=O)Cc3ncc[nH]3)ccc(Cl)c12. The van der Waals surface area contributed by atoms with E-state index in [1.54, 1.807) is 50.0 Å². The molecule has 3 N–H and O–H groups in total. The maximum Gasteiger partial charge on any atom is 0.228 e. The number of aromatic amines is 1. The van der Waals surface area contributed by atoms with Crippen molar-refractivity contribution in [1.82, 2.24) is 30.0 Å². The molecule has 0 radical (unpaired) electrons. The van der Waals surface area contributed by atoms with Crippen molar-refractivity contribution in [3.63, 3.8) is 0 Å². The number of halogens is 3. The molecule has 50 heavy (non-hydrogen) atoms. The number of nitrogens with zero attached hydrogens (tertiary/aromatic N) is 4. The minimum atomic E-state index is -3.51. The number of carbonyl (C=O) groups is 1. The minimum Gasteiger partial charge on any atom is -0.348 e. The van der Waals surface area contributed by atoms with Gasteiger partial charge in [-0.2, -0.15) is 5.10 Å². The number of imidazole rings is 1. The molecule has 1 aliphatic rings. The number of anilines is 1. The first kappa shape index (κ1) is 35.4. The molecule has 1 fully saturated rings. The Labute approximate surface area is 297 Å². The Morgan fingerprint density at radius 1 is 1.16 bits per heavy atom. The Kier molecular flexibility index (Phi) is 9.94. The Hall–Kier alpha value is -4.45. The summed E-state index contributed by atoms with van der Waals surface area (Å²) in [5.41, 5.74) is 2.77. The number of sulfone groups is 1. The second-order valence-electron chi connectivity index (χ2n) is 12.5. The molecule has 3 aromatic heterocycles. The number of nitrogens with one attached hydrogen (secondary N) is 3. The molecule has 0 bridgehead atoms. The highest BCUT2D eigenvalue weighted by molar-refractivity contribution is 7.99. The fraction of sp³-hybridized carbons (Fsp3) is 0.314. The average Bonchev–Trinajstić information content (AvgIpc) is 3.71. The van der Waals surface area contributed by atoms with E-state index in [1.807, 2.05) is 12.3 Å². The second-order valence-corrected chi connectivity index (χ2v) is 16.3. The van der Waals surface area contributed by atoms with Gasteiger partial charge < -0.3 is 15.0 Å². The van der Waals surface area contributed by atoms with Crippen LogP contribution in [0.25, 0.3) is 22.0 Å². The smallest absolute Gasteiger partial charge is 0.228 e. The molecule has 6 rings (SSSR count). The van der Waals surface area contributed by atoms with E-state index in [0.29, 0.717) is 57.2 Å². The number of carbonyl (C=O) groups excluding carboxylic acids is 1. The fourth-order valence-electron chi connectivity index (χ4n) is 5.85. The molecule has 15 heteroatoms. The number of rotatable bonds is 11. The number of amides is 1. The van der Waals surface area contributed by atoms with Crippen LogP contribution < -0.4 is 10.0 Å². The predicted molar refractivity (Wildman–Crippen MR) is 192 cm³/mol. The zero-order valence-electron chi connectivity index (χ0n) is 27.6. The highest BCUT2D eigenvalue weighted by atomic mass is 35.5. The number of aromatic nitrogens is 5. The van der Waals surface area contributed by atoms with E-state index in [1.165, 1.54) is 30.3 Å². The van der Waals surface area contributed by atoms with Gasteiger partial charge in [-0.25, -0.2) is 27.2 Å². The number of benzene rings is 2. The molecule has 1 aliphatic carbocycles. The van der Waals surface area contributed by atoms with Crippen molar-refractivity contribution in [1.29, 1.82) is 0 Å². The third-order valence-corrected chi connectivity index (χ3v) is 12.0. The van der Waals surface area contributed by atoms with Gasteiger partial charge in [0.1, 0.15) is 27.9 Å². The number of hydrogen-bond acceptors (Lipinski definition) is 8. The molecule has 1 saturated carbocycles. The van der Waals surface area contributed by atoms with E-state index in [0.717, 1.165) is 6.07 Å². The highest BCUT2D eigenvalue weighted by Crippen LogP contribution is 2.40. The number of fused-ring (bicyclic) bond motifs is 1. The van der Waals surface area contributed by atoms with Crippen LogP contribution in [0.1, 0.15) is 55.5 Å². The van der Waals surface area contributed by atoms with Crippen LogP contribution in [0.4, 0.5) is 14.6 Å². The normalized spacial score (nSPS) is 13.9. The van der Waals surface area contributed by atoms with Crippen LogP contribution >= 0.6 is 23.5 Å². The van der Waals surface area contributed by atoms with Crippen molar-refractivity contribution in [2.75, 3.05) is 11.0 Å². The van der Waals surface area contributed by atoms with Crippen molar-refractivity contribution < 1.29 is 22.0 Å². The first-order chi connectivity index (χ1) is 23.8. The lowest BCUT2D eigenvalue weighted by atomic mass is 9.93. The van der Waals surface area contributed by atoms with Gasteiger partial charge in [-0.3, -0.25) is 9.48 Å². The Morgan fingerprint density at radius 3 is 2.54 bits per heavy atom. The third kappa shape index (κ3) is 7.35. The van der Waals surface area contributed by atoms with Gasteiger partial charge >= 0.3 is 0 Å². The maximum atomic E-state index is 14.4. The minimum absolute atomic E-state index is 0.0432. The summed E-state index contributed by atoms with van der Waals surface area (Å²) in [7, 11) is -1.73. The molecular formula is C35H34ClF2N7O3S2. The molecule has 5 aromatic rings. The van der Waals surface area contributed by atoms with Crippen LogP contribution in [0.15, 0.2) is 54.9 Å². The van der Waals surface area contributed by atoms with Crippen molar-refractivity contribution in [3.05, 3.63) is 94.3 Å². The summed E-state index contributed by atoms with van der Waals surface area (Å²) >= 11 is 8.05. The number of H-pyrrole nitrogens is 1. The summed E-state index contributed by atoms with van der Waals surface area (Å²) in [6.07, 6.45) is 6.08. The van der Waals surface area contributed by atoms with Crippen LogP contribution in [-0.2, 0) is 34.5 Å². The molecule has 2 aromatic carbocycles. The number of hydrogen-bond donors (Lipinski definition) is 3. The van der Waals surface area contributed by atoms with Gasteiger partial charge in [0.15, 0.2) is 15.7 Å². The van der Waals surface area contributed by atoms with Gasteiger partial charge in [-0.1, -0.05) is 35.5 Å². The molecule has 1 atom stereocenters. The molecule has 0 saturated heterocycles. The number of aryl methyl sites for hydroxylation is 1. The van der Waals surface area contributed by atoms with Crippen molar-refractivity contribution in [3.8, 4) is 23.0 Å². The van der Waals surface area contributed by atoms with Gasteiger partial charge in [0.25, 0.3) is 0 Å². The lowest BCUT2D eigenvalue weighted by Crippen LogP contribution is -2.33. The zero-order chi connectivity index (χ0) is 35.8. The quantitative estimate of drug-likeness (QED) is 0.106. The van der Waals surface area contributed by atoms with Gasteiger partial charge in [-0.15, -0.1) is 0 Å². The first-order valence-electron chi connectivity index (χ1n) is 15.7. The molecule has 0 aliphatic heterocycles. The maximum absolute atomic E-state index is 14.4. The van der Waals surface area contributed by atoms with Crippen LogP contribution in [-0.4, -0.2) is 55.3 Å². The molecule has 1 unspecified atom stereocenters. The monoisotopic (exact) mass is 737 g/mol. The zero-order valence-corrected chi connectivity index (χ0v) is 30.0. The third-order valence-electron chi connectivity index (χ3n) is 8.43. The highest BCUT2D eigenvalue weighted by Gasteiger charge is 2.45. The average molecular weight is 738 g/mol. The Morgan fingerprint density at radius 2 is 1.88 bits per heavy atom. The van der Waals surface area contributed by atoms with Crippen molar-refractivity contribution in [2.24, 2.45) is 7.05 Å². The topological polar surface area (TPSA) is 135 Å². The summed E-state index contributed by atoms with van der Waals surface area (Å²) in [6, 6.07) is 9.25. The van der Waals surface area contributed by atoms with Gasteiger partial charge in [-0.05, 0) is 74.9 Å². The second kappa shape index (κ2) is 14.0.